The molecule has 1 amide bonds. The van der Waals surface area contributed by atoms with E-state index in [-0.39, 0.29) is 16.8 Å². The number of benzene rings is 1. The van der Waals surface area contributed by atoms with Crippen LogP contribution in [0.5, 0.6) is 0 Å². The normalized spacial score (nSPS) is 14.6. The highest BCUT2D eigenvalue weighted by Gasteiger charge is 2.32. The number of hydrogen-bond acceptors (Lipinski definition) is 6. The van der Waals surface area contributed by atoms with Crippen LogP contribution in [-0.4, -0.2) is 22.9 Å². The van der Waals surface area contributed by atoms with E-state index < -0.39 is 12.1 Å². The molecule has 7 heteroatoms. The third-order valence-corrected chi connectivity index (χ3v) is 5.78. The fourth-order valence-corrected chi connectivity index (χ4v) is 4.29. The summed E-state index contributed by atoms with van der Waals surface area (Å²) < 4.78 is 5.65. The number of aromatic nitrogens is 1. The number of nitrogens with two attached hydrogens (primary N) is 1. The number of amides is 1. The van der Waals surface area contributed by atoms with Gasteiger partial charge in [-0.05, 0) is 38.3 Å². The average molecular weight is 395 g/mol. The number of anilines is 1. The van der Waals surface area contributed by atoms with Crippen LogP contribution in [0.2, 0.25) is 0 Å². The Bertz CT molecular complexity index is 1060. The zero-order chi connectivity index (χ0) is 19.8. The maximum atomic E-state index is 12.9. The lowest BCUT2D eigenvalue weighted by Crippen LogP contribution is -2.33. The number of carbonyl (C=O) groups is 2. The Morgan fingerprint density at radius 1 is 1.25 bits per heavy atom. The highest BCUT2D eigenvalue weighted by molar-refractivity contribution is 7.21. The van der Waals surface area contributed by atoms with E-state index in [4.69, 9.17) is 10.5 Å². The van der Waals surface area contributed by atoms with Gasteiger partial charge in [0, 0.05) is 22.7 Å². The minimum Gasteiger partial charge on any atom is -0.443 e. The monoisotopic (exact) mass is 395 g/mol. The fraction of sp³-hybridized carbons (Fsp3) is 0.286. The highest BCUT2D eigenvalue weighted by atomic mass is 32.1. The molecule has 1 fully saturated rings. The Morgan fingerprint density at radius 2 is 1.96 bits per heavy atom. The number of rotatable bonds is 5. The van der Waals surface area contributed by atoms with E-state index in [0.29, 0.717) is 16.1 Å². The first-order valence-corrected chi connectivity index (χ1v) is 9.98. The molecule has 6 nitrogen and oxygen atoms in total. The number of aryl methyl sites for hydroxylation is 2. The second-order valence-electron chi connectivity index (χ2n) is 7.08. The van der Waals surface area contributed by atoms with Gasteiger partial charge in [0.15, 0.2) is 0 Å². The molecule has 0 radical (unpaired) electrons. The number of carbonyl (C=O) groups excluding carboxylic acids is 2. The van der Waals surface area contributed by atoms with Crippen molar-refractivity contribution in [3.05, 3.63) is 58.1 Å². The molecule has 0 spiro atoms. The van der Waals surface area contributed by atoms with E-state index in [2.05, 4.69) is 10.3 Å². The number of nitrogens with one attached hydrogen (secondary N) is 1. The molecule has 1 aromatic carbocycles. The number of nitrogens with zero attached hydrogens (tertiary/aromatic N) is 1. The molecule has 3 aromatic rings. The smallest absolute Gasteiger partial charge is 0.351 e. The maximum Gasteiger partial charge on any atom is 0.351 e. The summed E-state index contributed by atoms with van der Waals surface area (Å²) in [6.07, 6.45) is 0.887. The summed E-state index contributed by atoms with van der Waals surface area (Å²) in [5.74, 6) is -0.927. The predicted octanol–water partition coefficient (Wildman–Crippen LogP) is 3.67. The number of ether oxygens (including phenoxy) is 1. The molecule has 0 aliphatic heterocycles. The topological polar surface area (TPSA) is 94.3 Å². The van der Waals surface area contributed by atoms with E-state index in [9.17, 15) is 9.59 Å². The molecule has 1 atom stereocenters. The van der Waals surface area contributed by atoms with E-state index >= 15 is 0 Å². The van der Waals surface area contributed by atoms with Crippen molar-refractivity contribution >= 4 is 39.1 Å². The van der Waals surface area contributed by atoms with Crippen LogP contribution in [-0.2, 0) is 9.53 Å². The number of pyridine rings is 1. The lowest BCUT2D eigenvalue weighted by Gasteiger charge is -2.17. The summed E-state index contributed by atoms with van der Waals surface area (Å²) in [5.41, 5.74) is 9.03. The maximum absolute atomic E-state index is 12.9. The molecule has 1 saturated carbocycles. The molecule has 144 valence electrons. The molecule has 3 N–H and O–H groups in total. The Morgan fingerprint density at radius 3 is 2.64 bits per heavy atom. The van der Waals surface area contributed by atoms with Crippen molar-refractivity contribution in [1.29, 1.82) is 0 Å². The van der Waals surface area contributed by atoms with Gasteiger partial charge in [-0.3, -0.25) is 4.79 Å². The van der Waals surface area contributed by atoms with Gasteiger partial charge < -0.3 is 15.8 Å². The van der Waals surface area contributed by atoms with E-state index in [1.807, 2.05) is 38.1 Å². The summed E-state index contributed by atoms with van der Waals surface area (Å²) in [7, 11) is 0. The second kappa shape index (κ2) is 7.24. The van der Waals surface area contributed by atoms with Gasteiger partial charge in [-0.2, -0.15) is 0 Å². The Kier molecular flexibility index (Phi) is 4.77. The SMILES string of the molecule is Cc1cc(C)c2c(N)c(C(=O)O[C@@H](C(=O)NC3CC3)c3ccccc3)sc2n1. The summed E-state index contributed by atoms with van der Waals surface area (Å²) in [6.45, 7) is 3.83. The van der Waals surface area contributed by atoms with Crippen LogP contribution in [0.4, 0.5) is 5.69 Å². The third-order valence-electron chi connectivity index (χ3n) is 4.70. The standard InChI is InChI=1S/C21H21N3O3S/c1-11-10-12(2)23-20-15(11)16(22)18(28-20)21(26)27-17(13-6-4-3-5-7-13)19(25)24-14-8-9-14/h3-7,10,14,17H,8-9,22H2,1-2H3,(H,24,25)/t17-/m1/s1. The van der Waals surface area contributed by atoms with Crippen molar-refractivity contribution < 1.29 is 14.3 Å². The van der Waals surface area contributed by atoms with Crippen LogP contribution >= 0.6 is 11.3 Å². The van der Waals surface area contributed by atoms with Gasteiger partial charge in [0.1, 0.15) is 9.71 Å². The molecule has 1 aliphatic rings. The lowest BCUT2D eigenvalue weighted by molar-refractivity contribution is -0.130. The summed E-state index contributed by atoms with van der Waals surface area (Å²) in [4.78, 5) is 31.1. The van der Waals surface area contributed by atoms with Gasteiger partial charge in [0.2, 0.25) is 6.10 Å². The van der Waals surface area contributed by atoms with Gasteiger partial charge >= 0.3 is 5.97 Å². The summed E-state index contributed by atoms with van der Waals surface area (Å²) in [5, 5.41) is 3.68. The number of esters is 1. The zero-order valence-corrected chi connectivity index (χ0v) is 16.5. The van der Waals surface area contributed by atoms with Gasteiger partial charge in [0.25, 0.3) is 5.91 Å². The molecule has 2 heterocycles. The molecular formula is C21H21N3O3S. The molecule has 0 unspecified atom stereocenters. The van der Waals surface area contributed by atoms with Gasteiger partial charge in [-0.15, -0.1) is 11.3 Å². The molecule has 2 aromatic heterocycles. The molecule has 0 bridgehead atoms. The van der Waals surface area contributed by atoms with Gasteiger partial charge in [-0.25, -0.2) is 9.78 Å². The highest BCUT2D eigenvalue weighted by Crippen LogP contribution is 2.36. The van der Waals surface area contributed by atoms with Crippen LogP contribution in [0.25, 0.3) is 10.2 Å². The molecule has 4 rings (SSSR count). The van der Waals surface area contributed by atoms with Crippen molar-refractivity contribution in [1.82, 2.24) is 10.3 Å². The van der Waals surface area contributed by atoms with Crippen molar-refractivity contribution in [2.45, 2.75) is 38.8 Å². The number of hydrogen-bond donors (Lipinski definition) is 2. The second-order valence-corrected chi connectivity index (χ2v) is 8.08. The van der Waals surface area contributed by atoms with Crippen LogP contribution in [0.15, 0.2) is 36.4 Å². The lowest BCUT2D eigenvalue weighted by atomic mass is 10.1. The predicted molar refractivity (Wildman–Crippen MR) is 109 cm³/mol. The van der Waals surface area contributed by atoms with Crippen molar-refractivity contribution in [2.75, 3.05) is 5.73 Å². The minimum absolute atomic E-state index is 0.168. The average Bonchev–Trinajstić information content (AvgIpc) is 3.41. The Labute approximate surface area is 166 Å². The van der Waals surface area contributed by atoms with Crippen LogP contribution in [0.3, 0.4) is 0 Å². The molecule has 0 saturated heterocycles. The van der Waals surface area contributed by atoms with Crippen molar-refractivity contribution in [2.24, 2.45) is 0 Å². The Balaban J connectivity index is 1.66. The molecule has 28 heavy (non-hydrogen) atoms. The van der Waals surface area contributed by atoms with E-state index in [1.54, 1.807) is 12.1 Å². The van der Waals surface area contributed by atoms with E-state index in [0.717, 1.165) is 29.5 Å². The first-order valence-electron chi connectivity index (χ1n) is 9.16. The first kappa shape index (κ1) is 18.4. The summed E-state index contributed by atoms with van der Waals surface area (Å²) in [6, 6.07) is 11.1. The number of fused-ring (bicyclic) bond motifs is 1. The number of nitrogen functional groups attached to an aromatic ring is 1. The Hall–Kier alpha value is -2.93. The van der Waals surface area contributed by atoms with Crippen molar-refractivity contribution in [3.8, 4) is 0 Å². The molecular weight excluding hydrogens is 374 g/mol. The van der Waals surface area contributed by atoms with Gasteiger partial charge in [-0.1, -0.05) is 30.3 Å². The van der Waals surface area contributed by atoms with Crippen molar-refractivity contribution in [3.63, 3.8) is 0 Å². The zero-order valence-electron chi connectivity index (χ0n) is 15.7. The minimum atomic E-state index is -1.02. The summed E-state index contributed by atoms with van der Waals surface area (Å²) >= 11 is 1.19. The van der Waals surface area contributed by atoms with Crippen LogP contribution < -0.4 is 11.1 Å². The molecule has 1 aliphatic carbocycles. The largest absolute Gasteiger partial charge is 0.443 e. The first-order chi connectivity index (χ1) is 13.4. The van der Waals surface area contributed by atoms with E-state index in [1.165, 1.54) is 11.3 Å². The number of thiophene rings is 1. The van der Waals surface area contributed by atoms with Crippen LogP contribution in [0.1, 0.15) is 45.4 Å². The van der Waals surface area contributed by atoms with Gasteiger partial charge in [0.05, 0.1) is 5.69 Å². The third kappa shape index (κ3) is 3.57. The quantitative estimate of drug-likeness (QED) is 0.643. The van der Waals surface area contributed by atoms with Crippen LogP contribution in [0, 0.1) is 13.8 Å². The fourth-order valence-electron chi connectivity index (χ4n) is 3.19.